The van der Waals surface area contributed by atoms with E-state index in [-0.39, 0.29) is 17.9 Å². The fourth-order valence-corrected chi connectivity index (χ4v) is 2.80. The van der Waals surface area contributed by atoms with Crippen LogP contribution in [0.4, 0.5) is 0 Å². The Balaban J connectivity index is 1.53. The van der Waals surface area contributed by atoms with E-state index in [1.54, 1.807) is 24.3 Å². The molecule has 1 aliphatic heterocycles. The summed E-state index contributed by atoms with van der Waals surface area (Å²) in [6.45, 7) is 0.382. The number of benzene rings is 1. The van der Waals surface area contributed by atoms with Gasteiger partial charge in [-0.1, -0.05) is 29.5 Å². The van der Waals surface area contributed by atoms with E-state index in [2.05, 4.69) is 15.3 Å². The van der Waals surface area contributed by atoms with E-state index in [1.165, 1.54) is 18.0 Å². The number of Topliss-reactive ketones (excluding diaryl/α,β-unsaturated/α-hetero) is 1. The summed E-state index contributed by atoms with van der Waals surface area (Å²) in [6.07, 6.45) is 1.69. The van der Waals surface area contributed by atoms with E-state index < -0.39 is 7.12 Å². The molecule has 3 heterocycles. The number of methoxy groups -OCH3 is 1. The van der Waals surface area contributed by atoms with Crippen molar-refractivity contribution in [1.82, 2.24) is 20.0 Å². The van der Waals surface area contributed by atoms with Crippen LogP contribution in [0.1, 0.15) is 21.6 Å². The number of hydrogen-bond donors (Lipinski definition) is 1. The Bertz CT molecular complexity index is 975. The molecule has 0 saturated carbocycles. The summed E-state index contributed by atoms with van der Waals surface area (Å²) < 4.78 is 11.7. The van der Waals surface area contributed by atoms with Crippen molar-refractivity contribution in [2.45, 2.75) is 13.0 Å². The van der Waals surface area contributed by atoms with Gasteiger partial charge in [0.15, 0.2) is 11.6 Å². The first-order chi connectivity index (χ1) is 12.6. The average Bonchev–Trinajstić information content (AvgIpc) is 3.30. The molecule has 3 aromatic rings. The maximum Gasteiger partial charge on any atom is 0.491 e. The molecule has 0 aliphatic carbocycles. The second-order valence-corrected chi connectivity index (χ2v) is 5.88. The molecule has 0 saturated heterocycles. The first-order valence-corrected chi connectivity index (χ1v) is 8.02. The summed E-state index contributed by atoms with van der Waals surface area (Å²) >= 11 is 0. The zero-order valence-corrected chi connectivity index (χ0v) is 14.0. The predicted molar refractivity (Wildman–Crippen MR) is 92.6 cm³/mol. The highest BCUT2D eigenvalue weighted by atomic mass is 16.5. The maximum atomic E-state index is 12.5. The third kappa shape index (κ3) is 3.09. The molecule has 1 aromatic carbocycles. The second-order valence-electron chi connectivity index (χ2n) is 5.88. The molecule has 0 unspecified atom stereocenters. The minimum absolute atomic E-state index is 0.157. The van der Waals surface area contributed by atoms with Crippen molar-refractivity contribution in [2.24, 2.45) is 0 Å². The predicted octanol–water partition coefficient (Wildman–Crippen LogP) is 0.314. The van der Waals surface area contributed by atoms with Crippen molar-refractivity contribution >= 4 is 18.4 Å². The molecule has 0 amide bonds. The number of rotatable bonds is 5. The van der Waals surface area contributed by atoms with E-state index >= 15 is 0 Å². The van der Waals surface area contributed by atoms with Gasteiger partial charge in [0.2, 0.25) is 5.88 Å². The maximum absolute atomic E-state index is 12.5. The van der Waals surface area contributed by atoms with Crippen LogP contribution < -0.4 is 10.2 Å². The van der Waals surface area contributed by atoms with Crippen molar-refractivity contribution in [1.29, 1.82) is 0 Å². The number of aromatic nitrogens is 4. The van der Waals surface area contributed by atoms with Crippen LogP contribution in [0.2, 0.25) is 0 Å². The monoisotopic (exact) mass is 350 g/mol. The van der Waals surface area contributed by atoms with Gasteiger partial charge in [-0.25, -0.2) is 4.68 Å². The number of ketones is 1. The molecule has 0 radical (unpaired) electrons. The molecule has 8 nitrogen and oxygen atoms in total. The van der Waals surface area contributed by atoms with Crippen molar-refractivity contribution in [3.8, 4) is 11.7 Å². The lowest BCUT2D eigenvalue weighted by atomic mass is 9.78. The number of hydrogen-bond acceptors (Lipinski definition) is 7. The quantitative estimate of drug-likeness (QED) is 0.522. The van der Waals surface area contributed by atoms with E-state index in [0.717, 1.165) is 11.1 Å². The van der Waals surface area contributed by atoms with Crippen molar-refractivity contribution in [2.75, 3.05) is 7.11 Å². The molecule has 0 bridgehead atoms. The van der Waals surface area contributed by atoms with Crippen LogP contribution in [0.3, 0.4) is 0 Å². The smallest absolute Gasteiger partial charge is 0.481 e. The third-order valence-electron chi connectivity index (χ3n) is 4.17. The summed E-state index contributed by atoms with van der Waals surface area (Å²) in [7, 11) is 0.598. The van der Waals surface area contributed by atoms with Gasteiger partial charge in [-0.15, -0.1) is 5.10 Å². The van der Waals surface area contributed by atoms with Crippen LogP contribution in [0.15, 0.2) is 42.6 Å². The molecular formula is C17H15BN4O4. The van der Waals surface area contributed by atoms with Gasteiger partial charge in [0, 0.05) is 12.5 Å². The highest BCUT2D eigenvalue weighted by Gasteiger charge is 2.27. The Morgan fingerprint density at radius 3 is 3.12 bits per heavy atom. The van der Waals surface area contributed by atoms with Crippen LogP contribution in [-0.2, 0) is 17.7 Å². The van der Waals surface area contributed by atoms with Gasteiger partial charge in [-0.05, 0) is 22.7 Å². The Morgan fingerprint density at radius 2 is 2.27 bits per heavy atom. The zero-order valence-electron chi connectivity index (χ0n) is 14.0. The van der Waals surface area contributed by atoms with Crippen molar-refractivity contribution in [3.63, 3.8) is 0 Å². The number of fused-ring (bicyclic) bond motifs is 1. The lowest BCUT2D eigenvalue weighted by Gasteiger charge is -2.03. The van der Waals surface area contributed by atoms with Gasteiger partial charge in [0.05, 0.1) is 19.9 Å². The standard InChI is InChI=1S/C17H15BN4O4/c1-25-17-4-2-3-16(19-17)22-9-14(20-21-22)15(23)8-11-5-6-12-10-26-18(24)13(12)7-11/h2-7,9,24H,8,10H2,1H3. The van der Waals surface area contributed by atoms with Gasteiger partial charge in [0.1, 0.15) is 5.69 Å². The first kappa shape index (κ1) is 16.4. The Labute approximate surface area is 149 Å². The normalized spacial score (nSPS) is 12.9. The number of ether oxygens (including phenoxy) is 1. The number of pyridine rings is 1. The van der Waals surface area contributed by atoms with E-state index in [1.807, 2.05) is 12.1 Å². The Kier molecular flexibility index (Phi) is 4.23. The highest BCUT2D eigenvalue weighted by molar-refractivity contribution is 6.61. The first-order valence-electron chi connectivity index (χ1n) is 8.02. The number of carbonyl (C=O) groups is 1. The largest absolute Gasteiger partial charge is 0.491 e. The average molecular weight is 350 g/mol. The highest BCUT2D eigenvalue weighted by Crippen LogP contribution is 2.14. The van der Waals surface area contributed by atoms with Gasteiger partial charge in [0.25, 0.3) is 0 Å². The molecule has 1 N–H and O–H groups in total. The summed E-state index contributed by atoms with van der Waals surface area (Å²) in [5.74, 6) is 0.783. The van der Waals surface area contributed by atoms with Crippen molar-refractivity contribution in [3.05, 3.63) is 59.4 Å². The van der Waals surface area contributed by atoms with Gasteiger partial charge < -0.3 is 14.4 Å². The van der Waals surface area contributed by atoms with Crippen molar-refractivity contribution < 1.29 is 19.2 Å². The molecule has 0 fully saturated rings. The Hall–Kier alpha value is -3.04. The summed E-state index contributed by atoms with van der Waals surface area (Å²) in [5.41, 5.74) is 2.67. The van der Waals surface area contributed by atoms with E-state index in [9.17, 15) is 9.82 Å². The van der Waals surface area contributed by atoms with Crippen LogP contribution in [0, 0.1) is 0 Å². The van der Waals surface area contributed by atoms with Crippen LogP contribution in [-0.4, -0.2) is 45.0 Å². The lowest BCUT2D eigenvalue weighted by Crippen LogP contribution is -2.28. The van der Waals surface area contributed by atoms with Gasteiger partial charge in [-0.2, -0.15) is 4.98 Å². The van der Waals surface area contributed by atoms with Crippen LogP contribution in [0.5, 0.6) is 5.88 Å². The van der Waals surface area contributed by atoms with E-state index in [0.29, 0.717) is 23.8 Å². The molecule has 4 rings (SSSR count). The number of nitrogens with zero attached hydrogens (tertiary/aromatic N) is 4. The van der Waals surface area contributed by atoms with Crippen LogP contribution >= 0.6 is 0 Å². The molecule has 130 valence electrons. The topological polar surface area (TPSA) is 99.4 Å². The fraction of sp³-hybridized carbons (Fsp3) is 0.176. The number of carbonyl (C=O) groups excluding carboxylic acids is 1. The molecule has 26 heavy (non-hydrogen) atoms. The minimum atomic E-state index is -0.930. The molecular weight excluding hydrogens is 335 g/mol. The van der Waals surface area contributed by atoms with Gasteiger partial charge >= 0.3 is 7.12 Å². The third-order valence-corrected chi connectivity index (χ3v) is 4.17. The molecule has 1 aliphatic rings. The molecule has 0 spiro atoms. The lowest BCUT2D eigenvalue weighted by molar-refractivity contribution is 0.0988. The fourth-order valence-electron chi connectivity index (χ4n) is 2.80. The summed E-state index contributed by atoms with van der Waals surface area (Å²) in [4.78, 5) is 16.8. The zero-order chi connectivity index (χ0) is 18.1. The summed E-state index contributed by atoms with van der Waals surface area (Å²) in [6, 6.07) is 10.8. The summed E-state index contributed by atoms with van der Waals surface area (Å²) in [5, 5.41) is 17.7. The SMILES string of the molecule is COc1cccc(-n2cc(C(=O)Cc3ccc4c(c3)B(O)OC4)nn2)n1. The molecule has 0 atom stereocenters. The molecule has 9 heteroatoms. The van der Waals surface area contributed by atoms with Gasteiger partial charge in [-0.3, -0.25) is 4.79 Å². The second kappa shape index (κ2) is 6.70. The Morgan fingerprint density at radius 1 is 1.38 bits per heavy atom. The van der Waals surface area contributed by atoms with E-state index in [4.69, 9.17) is 9.39 Å². The van der Waals surface area contributed by atoms with Crippen LogP contribution in [0.25, 0.3) is 5.82 Å². The molecule has 2 aromatic heterocycles. The minimum Gasteiger partial charge on any atom is -0.481 e.